The molecule has 0 spiro atoms. The van der Waals surface area contributed by atoms with E-state index in [1.807, 2.05) is 0 Å². The molecule has 0 atom stereocenters. The minimum Gasteiger partial charge on any atom is -0.203 e. The van der Waals surface area contributed by atoms with Crippen molar-refractivity contribution in [3.05, 3.63) is 58.6 Å². The van der Waals surface area contributed by atoms with Crippen LogP contribution in [-0.2, 0) is 0 Å². The van der Waals surface area contributed by atoms with Gasteiger partial charge in [0.2, 0.25) is 0 Å². The first kappa shape index (κ1) is 11.9. The van der Waals surface area contributed by atoms with Crippen molar-refractivity contribution in [3.63, 3.8) is 0 Å². The van der Waals surface area contributed by atoms with E-state index in [-0.39, 0.29) is 5.56 Å². The van der Waals surface area contributed by atoms with Crippen molar-refractivity contribution in [2.45, 2.75) is 0 Å². The molecule has 0 aliphatic rings. The first-order valence-electron chi connectivity index (χ1n) is 4.61. The van der Waals surface area contributed by atoms with Crippen molar-refractivity contribution in [2.24, 2.45) is 0 Å². The summed E-state index contributed by atoms with van der Waals surface area (Å²) in [6.07, 6.45) is 0. The molecule has 0 aromatic heterocycles. The molecule has 0 nitrogen and oxygen atoms in total. The molecule has 88 valence electrons. The van der Waals surface area contributed by atoms with Gasteiger partial charge in [-0.15, -0.1) is 0 Å². The molecule has 0 radical (unpaired) electrons. The summed E-state index contributed by atoms with van der Waals surface area (Å²) in [5, 5.41) is -1.18. The molecule has 0 unspecified atom stereocenters. The monoisotopic (exact) mass is 260 g/mol. The zero-order valence-electron chi connectivity index (χ0n) is 8.28. The van der Waals surface area contributed by atoms with Gasteiger partial charge in [-0.25, -0.2) is 17.6 Å². The summed E-state index contributed by atoms with van der Waals surface area (Å²) in [4.78, 5) is 0. The van der Waals surface area contributed by atoms with E-state index >= 15 is 0 Å². The van der Waals surface area contributed by atoms with Crippen molar-refractivity contribution in [3.8, 4) is 11.1 Å². The Morgan fingerprint density at radius 2 is 1.18 bits per heavy atom. The molecule has 2 rings (SSSR count). The predicted molar refractivity (Wildman–Crippen MR) is 56.7 cm³/mol. The molecule has 2 aromatic rings. The van der Waals surface area contributed by atoms with E-state index in [4.69, 9.17) is 11.6 Å². The van der Waals surface area contributed by atoms with E-state index in [0.717, 1.165) is 0 Å². The first-order chi connectivity index (χ1) is 8.04. The second-order valence-electron chi connectivity index (χ2n) is 3.31. The van der Waals surface area contributed by atoms with Crippen molar-refractivity contribution in [2.75, 3.05) is 0 Å². The number of rotatable bonds is 1. The summed E-state index contributed by atoms with van der Waals surface area (Å²) in [7, 11) is 0. The van der Waals surface area contributed by atoms with Crippen molar-refractivity contribution < 1.29 is 17.6 Å². The number of hydrogen-bond donors (Lipinski definition) is 0. The Morgan fingerprint density at radius 3 is 1.65 bits per heavy atom. The maximum Gasteiger partial charge on any atom is 0.181 e. The average Bonchev–Trinajstić information content (AvgIpc) is 2.36. The first-order valence-corrected chi connectivity index (χ1v) is 4.98. The fraction of sp³-hybridized carbons (Fsp3) is 0. The van der Waals surface area contributed by atoms with Gasteiger partial charge in [-0.05, 0) is 5.56 Å². The SMILES string of the molecule is Fc1c(F)c(-c2ccccc2)c(F)c(F)c1Cl. The van der Waals surface area contributed by atoms with Crippen LogP contribution in [0.5, 0.6) is 0 Å². The molecular weight excluding hydrogens is 256 g/mol. The van der Waals surface area contributed by atoms with Gasteiger partial charge in [0.1, 0.15) is 5.02 Å². The van der Waals surface area contributed by atoms with Gasteiger partial charge in [-0.2, -0.15) is 0 Å². The Balaban J connectivity index is 2.80. The third-order valence-electron chi connectivity index (χ3n) is 2.27. The third-order valence-corrected chi connectivity index (χ3v) is 2.60. The molecule has 0 aliphatic heterocycles. The molecule has 0 saturated carbocycles. The second-order valence-corrected chi connectivity index (χ2v) is 3.69. The van der Waals surface area contributed by atoms with E-state index in [2.05, 4.69) is 0 Å². The van der Waals surface area contributed by atoms with E-state index in [1.54, 1.807) is 6.07 Å². The molecule has 2 aromatic carbocycles. The normalized spacial score (nSPS) is 10.6. The van der Waals surface area contributed by atoms with Crippen LogP contribution in [0.3, 0.4) is 0 Å². The van der Waals surface area contributed by atoms with Crippen LogP contribution in [0, 0.1) is 23.3 Å². The summed E-state index contributed by atoms with van der Waals surface area (Å²) < 4.78 is 53.5. The highest BCUT2D eigenvalue weighted by Crippen LogP contribution is 2.33. The molecule has 0 N–H and O–H groups in total. The summed E-state index contributed by atoms with van der Waals surface area (Å²) in [5.41, 5.74) is -0.720. The Kier molecular flexibility index (Phi) is 3.07. The van der Waals surface area contributed by atoms with Gasteiger partial charge in [0, 0.05) is 0 Å². The van der Waals surface area contributed by atoms with E-state index < -0.39 is 33.9 Å². The minimum atomic E-state index is -1.59. The Hall–Kier alpha value is -1.55. The lowest BCUT2D eigenvalue weighted by Crippen LogP contribution is -2.00. The van der Waals surface area contributed by atoms with Gasteiger partial charge >= 0.3 is 0 Å². The van der Waals surface area contributed by atoms with Crippen LogP contribution >= 0.6 is 11.6 Å². The van der Waals surface area contributed by atoms with Crippen molar-refractivity contribution in [1.29, 1.82) is 0 Å². The molecule has 0 aliphatic carbocycles. The fourth-order valence-corrected chi connectivity index (χ4v) is 1.63. The second kappa shape index (κ2) is 4.37. The molecule has 0 amide bonds. The maximum absolute atomic E-state index is 13.5. The van der Waals surface area contributed by atoms with Crippen LogP contribution in [0.15, 0.2) is 30.3 Å². The Bertz CT molecular complexity index is 537. The Labute approximate surface area is 99.5 Å². The molecule has 5 heteroatoms. The topological polar surface area (TPSA) is 0 Å². The lowest BCUT2D eigenvalue weighted by atomic mass is 10.0. The zero-order chi connectivity index (χ0) is 12.6. The van der Waals surface area contributed by atoms with Gasteiger partial charge < -0.3 is 0 Å². The Morgan fingerprint density at radius 1 is 0.706 bits per heavy atom. The smallest absolute Gasteiger partial charge is 0.181 e. The molecule has 17 heavy (non-hydrogen) atoms. The summed E-state index contributed by atoms with van der Waals surface area (Å²) in [6.45, 7) is 0. The predicted octanol–water partition coefficient (Wildman–Crippen LogP) is 4.56. The number of halogens is 5. The standard InChI is InChI=1S/C12H5ClF4/c13-8-11(16)9(14)7(10(15)12(8)17)6-4-2-1-3-5-6/h1-5H. The minimum absolute atomic E-state index is 0.0389. The summed E-state index contributed by atoms with van der Waals surface area (Å²) in [5.74, 6) is -6.19. The highest BCUT2D eigenvalue weighted by Gasteiger charge is 2.24. The highest BCUT2D eigenvalue weighted by atomic mass is 35.5. The van der Waals surface area contributed by atoms with Gasteiger partial charge in [-0.3, -0.25) is 0 Å². The lowest BCUT2D eigenvalue weighted by molar-refractivity contribution is 0.459. The van der Waals surface area contributed by atoms with Gasteiger partial charge in [0.15, 0.2) is 23.3 Å². The van der Waals surface area contributed by atoms with E-state index in [1.165, 1.54) is 24.3 Å². The molecule has 0 fully saturated rings. The average molecular weight is 261 g/mol. The quantitative estimate of drug-likeness (QED) is 0.400. The van der Waals surface area contributed by atoms with E-state index in [0.29, 0.717) is 0 Å². The van der Waals surface area contributed by atoms with Gasteiger partial charge in [0.05, 0.1) is 5.56 Å². The van der Waals surface area contributed by atoms with Crippen molar-refractivity contribution >= 4 is 11.6 Å². The molecule has 0 bridgehead atoms. The van der Waals surface area contributed by atoms with Crippen LogP contribution in [0.2, 0.25) is 5.02 Å². The third kappa shape index (κ3) is 1.89. The fourth-order valence-electron chi connectivity index (χ4n) is 1.46. The molecular formula is C12H5ClF4. The van der Waals surface area contributed by atoms with Gasteiger partial charge in [0.25, 0.3) is 0 Å². The van der Waals surface area contributed by atoms with E-state index in [9.17, 15) is 17.6 Å². The summed E-state index contributed by atoms with van der Waals surface area (Å²) >= 11 is 5.12. The lowest BCUT2D eigenvalue weighted by Gasteiger charge is -2.08. The van der Waals surface area contributed by atoms with Crippen LogP contribution in [0.4, 0.5) is 17.6 Å². The highest BCUT2D eigenvalue weighted by molar-refractivity contribution is 6.31. The zero-order valence-corrected chi connectivity index (χ0v) is 9.03. The van der Waals surface area contributed by atoms with Crippen LogP contribution in [0.25, 0.3) is 11.1 Å². The molecule has 0 saturated heterocycles. The molecule has 0 heterocycles. The van der Waals surface area contributed by atoms with Crippen LogP contribution in [-0.4, -0.2) is 0 Å². The van der Waals surface area contributed by atoms with Crippen molar-refractivity contribution in [1.82, 2.24) is 0 Å². The number of benzene rings is 2. The number of hydrogen-bond acceptors (Lipinski definition) is 0. The largest absolute Gasteiger partial charge is 0.203 e. The maximum atomic E-state index is 13.5. The summed E-state index contributed by atoms with van der Waals surface area (Å²) in [6, 6.07) is 7.29. The van der Waals surface area contributed by atoms with Gasteiger partial charge in [-0.1, -0.05) is 41.9 Å². The van der Waals surface area contributed by atoms with Crippen LogP contribution < -0.4 is 0 Å². The van der Waals surface area contributed by atoms with Crippen LogP contribution in [0.1, 0.15) is 0 Å².